The smallest absolute Gasteiger partial charge is 0.169 e. The number of para-hydroxylation sites is 1. The molecule has 0 fully saturated rings. The molecule has 1 aromatic heterocycles. The first-order valence-corrected chi connectivity index (χ1v) is 7.57. The Labute approximate surface area is 132 Å². The summed E-state index contributed by atoms with van der Waals surface area (Å²) in [6.45, 7) is 2.00. The van der Waals surface area contributed by atoms with Crippen LogP contribution in [0.2, 0.25) is 0 Å². The van der Waals surface area contributed by atoms with E-state index in [9.17, 15) is 4.79 Å². The molecule has 0 aliphatic carbocycles. The number of halogens is 1. The molecule has 2 aromatic carbocycles. The molecule has 0 amide bonds. The number of benzene rings is 2. The number of hydrogen-bond donors (Lipinski definition) is 0. The second kappa shape index (κ2) is 5.78. The van der Waals surface area contributed by atoms with Crippen LogP contribution in [0.4, 0.5) is 0 Å². The number of ketones is 1. The number of pyridine rings is 1. The molecule has 2 nitrogen and oxygen atoms in total. The first-order chi connectivity index (χ1) is 10.1. The Bertz CT molecular complexity index is 826. The Morgan fingerprint density at radius 1 is 1.10 bits per heavy atom. The van der Waals surface area contributed by atoms with Crippen LogP contribution in [0.1, 0.15) is 21.6 Å². The van der Waals surface area contributed by atoms with Crippen molar-refractivity contribution in [2.45, 2.75) is 13.3 Å². The summed E-state index contributed by atoms with van der Waals surface area (Å²) in [5.41, 5.74) is 3.55. The molecule has 0 atom stereocenters. The number of aryl methyl sites for hydroxylation is 1. The van der Waals surface area contributed by atoms with Gasteiger partial charge in [0, 0.05) is 21.1 Å². The molecule has 0 aliphatic rings. The van der Waals surface area contributed by atoms with Crippen LogP contribution in [0, 0.1) is 6.92 Å². The van der Waals surface area contributed by atoms with E-state index in [1.807, 2.05) is 61.5 Å². The first kappa shape index (κ1) is 14.0. The van der Waals surface area contributed by atoms with E-state index in [-0.39, 0.29) is 5.78 Å². The van der Waals surface area contributed by atoms with Crippen LogP contribution in [0.5, 0.6) is 0 Å². The average molecular weight is 340 g/mol. The summed E-state index contributed by atoms with van der Waals surface area (Å²) in [5, 5.41) is 1.09. The van der Waals surface area contributed by atoms with E-state index in [1.54, 1.807) is 0 Å². The second-order valence-electron chi connectivity index (χ2n) is 5.08. The van der Waals surface area contributed by atoms with Crippen LogP contribution in [0.3, 0.4) is 0 Å². The predicted octanol–water partition coefficient (Wildman–Crippen LogP) is 4.73. The Morgan fingerprint density at radius 3 is 2.71 bits per heavy atom. The molecule has 104 valence electrons. The molecule has 0 radical (unpaired) electrons. The minimum absolute atomic E-state index is 0.0738. The lowest BCUT2D eigenvalue weighted by molar-refractivity contribution is 0.0991. The maximum absolute atomic E-state index is 12.4. The summed E-state index contributed by atoms with van der Waals surface area (Å²) < 4.78 is 0.841. The highest BCUT2D eigenvalue weighted by Crippen LogP contribution is 2.20. The van der Waals surface area contributed by atoms with Gasteiger partial charge in [-0.3, -0.25) is 9.78 Å². The minimum Gasteiger partial charge on any atom is -0.294 e. The maximum atomic E-state index is 12.4. The zero-order chi connectivity index (χ0) is 14.8. The summed E-state index contributed by atoms with van der Waals surface area (Å²) in [6.07, 6.45) is 0.312. The molecular formula is C18H14BrNO. The third-order valence-corrected chi connectivity index (χ3v) is 4.08. The van der Waals surface area contributed by atoms with Crippen LogP contribution in [0.15, 0.2) is 59.1 Å². The standard InChI is InChI=1S/C18H14BrNO/c1-12-6-9-15(16(19)10-12)18(21)11-14-8-7-13-4-2-3-5-17(13)20-14/h2-10H,11H2,1H3. The number of hydrogen-bond acceptors (Lipinski definition) is 2. The van der Waals surface area contributed by atoms with Crippen molar-refractivity contribution in [3.05, 3.63) is 75.9 Å². The van der Waals surface area contributed by atoms with E-state index < -0.39 is 0 Å². The van der Waals surface area contributed by atoms with Gasteiger partial charge in [-0.15, -0.1) is 0 Å². The second-order valence-corrected chi connectivity index (χ2v) is 5.93. The fraction of sp³-hybridized carbons (Fsp3) is 0.111. The van der Waals surface area contributed by atoms with Gasteiger partial charge in [-0.1, -0.05) is 46.3 Å². The Hall–Kier alpha value is -2.00. The van der Waals surface area contributed by atoms with Gasteiger partial charge < -0.3 is 0 Å². The Kier molecular flexibility index (Phi) is 3.84. The third kappa shape index (κ3) is 3.03. The van der Waals surface area contributed by atoms with Crippen molar-refractivity contribution < 1.29 is 4.79 Å². The van der Waals surface area contributed by atoms with Gasteiger partial charge in [0.15, 0.2) is 5.78 Å². The number of fused-ring (bicyclic) bond motifs is 1. The quantitative estimate of drug-likeness (QED) is 0.645. The van der Waals surface area contributed by atoms with Crippen molar-refractivity contribution in [1.82, 2.24) is 4.98 Å². The van der Waals surface area contributed by atoms with Crippen LogP contribution >= 0.6 is 15.9 Å². The van der Waals surface area contributed by atoms with Gasteiger partial charge >= 0.3 is 0 Å². The van der Waals surface area contributed by atoms with Gasteiger partial charge in [0.25, 0.3) is 0 Å². The molecule has 21 heavy (non-hydrogen) atoms. The molecular weight excluding hydrogens is 326 g/mol. The van der Waals surface area contributed by atoms with Crippen LogP contribution in [-0.4, -0.2) is 10.8 Å². The summed E-state index contributed by atoms with van der Waals surface area (Å²) in [6, 6.07) is 17.6. The van der Waals surface area contributed by atoms with Gasteiger partial charge in [-0.2, -0.15) is 0 Å². The van der Waals surface area contributed by atoms with Crippen molar-refractivity contribution in [3.8, 4) is 0 Å². The predicted molar refractivity (Wildman–Crippen MR) is 88.7 cm³/mol. The molecule has 0 spiro atoms. The number of rotatable bonds is 3. The number of carbonyl (C=O) groups excluding carboxylic acids is 1. The Balaban J connectivity index is 1.89. The van der Waals surface area contributed by atoms with Crippen molar-refractivity contribution in [1.29, 1.82) is 0 Å². The molecule has 0 saturated carbocycles. The third-order valence-electron chi connectivity index (χ3n) is 3.42. The average Bonchev–Trinajstić information content (AvgIpc) is 2.47. The van der Waals surface area contributed by atoms with Gasteiger partial charge in [-0.25, -0.2) is 0 Å². The van der Waals surface area contributed by atoms with Crippen molar-refractivity contribution in [3.63, 3.8) is 0 Å². The van der Waals surface area contributed by atoms with Gasteiger partial charge in [0.05, 0.1) is 11.9 Å². The topological polar surface area (TPSA) is 30.0 Å². The minimum atomic E-state index is 0.0738. The van der Waals surface area contributed by atoms with E-state index >= 15 is 0 Å². The molecule has 0 unspecified atom stereocenters. The first-order valence-electron chi connectivity index (χ1n) is 6.77. The zero-order valence-electron chi connectivity index (χ0n) is 11.6. The number of carbonyl (C=O) groups is 1. The molecule has 3 aromatic rings. The van der Waals surface area contributed by atoms with E-state index in [1.165, 1.54) is 0 Å². The molecule has 0 bridgehead atoms. The lowest BCUT2D eigenvalue weighted by atomic mass is 10.0. The summed E-state index contributed by atoms with van der Waals surface area (Å²) in [5.74, 6) is 0.0738. The van der Waals surface area contributed by atoms with Gasteiger partial charge in [0.2, 0.25) is 0 Å². The summed E-state index contributed by atoms with van der Waals surface area (Å²) in [4.78, 5) is 17.0. The largest absolute Gasteiger partial charge is 0.294 e. The highest BCUT2D eigenvalue weighted by molar-refractivity contribution is 9.10. The van der Waals surface area contributed by atoms with Crippen LogP contribution in [-0.2, 0) is 6.42 Å². The molecule has 3 heteroatoms. The summed E-state index contributed by atoms with van der Waals surface area (Å²) >= 11 is 3.46. The van der Waals surface area contributed by atoms with Crippen molar-refractivity contribution >= 4 is 32.6 Å². The molecule has 0 aliphatic heterocycles. The van der Waals surface area contributed by atoms with Gasteiger partial charge in [0.1, 0.15) is 0 Å². The number of Topliss-reactive ketones (excluding diaryl/α,β-unsaturated/α-hetero) is 1. The van der Waals surface area contributed by atoms with Crippen LogP contribution < -0.4 is 0 Å². The van der Waals surface area contributed by atoms with Crippen molar-refractivity contribution in [2.75, 3.05) is 0 Å². The fourth-order valence-corrected chi connectivity index (χ4v) is 3.03. The normalized spacial score (nSPS) is 10.8. The SMILES string of the molecule is Cc1ccc(C(=O)Cc2ccc3ccccc3n2)c(Br)c1. The monoisotopic (exact) mass is 339 g/mol. The molecule has 1 heterocycles. The molecule has 0 N–H and O–H groups in total. The van der Waals surface area contributed by atoms with E-state index in [2.05, 4.69) is 20.9 Å². The Morgan fingerprint density at radius 2 is 1.90 bits per heavy atom. The fourth-order valence-electron chi connectivity index (χ4n) is 2.31. The van der Waals surface area contributed by atoms with E-state index in [0.717, 1.165) is 26.6 Å². The number of nitrogens with zero attached hydrogens (tertiary/aromatic N) is 1. The van der Waals surface area contributed by atoms with E-state index in [4.69, 9.17) is 0 Å². The van der Waals surface area contributed by atoms with Gasteiger partial charge in [-0.05, 0) is 36.8 Å². The highest BCUT2D eigenvalue weighted by atomic mass is 79.9. The number of aromatic nitrogens is 1. The maximum Gasteiger partial charge on any atom is 0.169 e. The van der Waals surface area contributed by atoms with Crippen LogP contribution in [0.25, 0.3) is 10.9 Å². The molecule has 3 rings (SSSR count). The summed E-state index contributed by atoms with van der Waals surface area (Å²) in [7, 11) is 0. The lowest BCUT2D eigenvalue weighted by Crippen LogP contribution is -2.06. The molecule has 0 saturated heterocycles. The lowest BCUT2D eigenvalue weighted by Gasteiger charge is -2.06. The highest BCUT2D eigenvalue weighted by Gasteiger charge is 2.12. The van der Waals surface area contributed by atoms with Crippen molar-refractivity contribution in [2.24, 2.45) is 0 Å². The zero-order valence-corrected chi connectivity index (χ0v) is 13.2. The van der Waals surface area contributed by atoms with E-state index in [0.29, 0.717) is 12.0 Å².